The lowest BCUT2D eigenvalue weighted by molar-refractivity contribution is -0.131. The molecule has 1 amide bonds. The topological polar surface area (TPSA) is 126 Å². The Balaban J connectivity index is 1.54. The Hall–Kier alpha value is -4.84. The lowest BCUT2D eigenvalue weighted by atomic mass is 10.1. The fourth-order valence-corrected chi connectivity index (χ4v) is 4.62. The van der Waals surface area contributed by atoms with Crippen LogP contribution in [0, 0.1) is 0 Å². The predicted molar refractivity (Wildman–Crippen MR) is 155 cm³/mol. The van der Waals surface area contributed by atoms with Gasteiger partial charge in [0.1, 0.15) is 5.75 Å². The van der Waals surface area contributed by atoms with Gasteiger partial charge in [0.15, 0.2) is 22.5 Å². The summed E-state index contributed by atoms with van der Waals surface area (Å²) in [5, 5.41) is 13.5. The van der Waals surface area contributed by atoms with Gasteiger partial charge in [-0.3, -0.25) is 14.2 Å². The Labute approximate surface area is 241 Å². The molecule has 0 saturated heterocycles. The van der Waals surface area contributed by atoms with Crippen molar-refractivity contribution in [1.29, 1.82) is 0 Å². The monoisotopic (exact) mass is 575 g/mol. The molecular weight excluding hydrogens is 546 g/mol. The Kier molecular flexibility index (Phi) is 9.59. The van der Waals surface area contributed by atoms with E-state index in [-0.39, 0.29) is 11.7 Å². The van der Waals surface area contributed by atoms with Gasteiger partial charge in [0.05, 0.1) is 32.8 Å². The average molecular weight is 576 g/mol. The molecule has 12 heteroatoms. The van der Waals surface area contributed by atoms with Gasteiger partial charge in [-0.25, -0.2) is 5.43 Å². The number of carbonyl (C=O) groups is 2. The van der Waals surface area contributed by atoms with E-state index in [1.165, 1.54) is 18.7 Å². The standard InChI is InChI=1S/C29H29N5O6S/c1-18(20-11-13-23(14-12-20)40-19(2)35)30-31-26(36)17-41-29-33-32-28(34(29)22-9-7-6-8-10-22)21-15-24(37-3)27(39-5)25(16-21)38-4/h6-16H,17H2,1-5H3,(H,31,36). The van der Waals surface area contributed by atoms with E-state index in [9.17, 15) is 9.59 Å². The van der Waals surface area contributed by atoms with Crippen LogP contribution in [0.5, 0.6) is 23.0 Å². The highest BCUT2D eigenvalue weighted by atomic mass is 32.2. The van der Waals surface area contributed by atoms with Gasteiger partial charge in [0.25, 0.3) is 5.91 Å². The van der Waals surface area contributed by atoms with Crippen LogP contribution >= 0.6 is 11.8 Å². The van der Waals surface area contributed by atoms with Gasteiger partial charge in [-0.15, -0.1) is 10.2 Å². The molecule has 0 fully saturated rings. The zero-order valence-corrected chi connectivity index (χ0v) is 24.0. The van der Waals surface area contributed by atoms with Crippen molar-refractivity contribution in [3.05, 3.63) is 72.3 Å². The summed E-state index contributed by atoms with van der Waals surface area (Å²) >= 11 is 1.22. The molecule has 41 heavy (non-hydrogen) atoms. The molecule has 0 aliphatic heterocycles. The largest absolute Gasteiger partial charge is 0.493 e. The highest BCUT2D eigenvalue weighted by molar-refractivity contribution is 7.99. The van der Waals surface area contributed by atoms with Crippen LogP contribution in [0.4, 0.5) is 0 Å². The van der Waals surface area contributed by atoms with Gasteiger partial charge >= 0.3 is 5.97 Å². The molecule has 0 saturated carbocycles. The first-order chi connectivity index (χ1) is 19.8. The molecule has 0 radical (unpaired) electrons. The molecule has 0 atom stereocenters. The van der Waals surface area contributed by atoms with Crippen LogP contribution in [0.2, 0.25) is 0 Å². The van der Waals surface area contributed by atoms with Crippen LogP contribution < -0.4 is 24.4 Å². The first-order valence-electron chi connectivity index (χ1n) is 12.4. The van der Waals surface area contributed by atoms with E-state index in [2.05, 4.69) is 20.7 Å². The molecule has 1 aromatic heterocycles. The summed E-state index contributed by atoms with van der Waals surface area (Å²) in [6.07, 6.45) is 0. The summed E-state index contributed by atoms with van der Waals surface area (Å²) in [5.74, 6) is 1.72. The molecule has 0 aliphatic carbocycles. The number of nitrogens with zero attached hydrogens (tertiary/aromatic N) is 4. The maximum atomic E-state index is 12.7. The molecule has 1 N–H and O–H groups in total. The minimum absolute atomic E-state index is 0.0440. The summed E-state index contributed by atoms with van der Waals surface area (Å²) in [6, 6.07) is 20.0. The van der Waals surface area contributed by atoms with Gasteiger partial charge in [0.2, 0.25) is 5.75 Å². The Bertz CT molecular complexity index is 1530. The number of para-hydroxylation sites is 1. The number of methoxy groups -OCH3 is 3. The maximum Gasteiger partial charge on any atom is 0.308 e. The van der Waals surface area contributed by atoms with Crippen LogP contribution in [0.25, 0.3) is 17.1 Å². The number of hydrazone groups is 1. The molecule has 3 aromatic carbocycles. The third-order valence-corrected chi connectivity index (χ3v) is 6.71. The number of rotatable bonds is 11. The van der Waals surface area contributed by atoms with Crippen LogP contribution in [0.1, 0.15) is 19.4 Å². The van der Waals surface area contributed by atoms with E-state index < -0.39 is 5.97 Å². The van der Waals surface area contributed by atoms with Crippen molar-refractivity contribution in [2.45, 2.75) is 19.0 Å². The number of hydrogen-bond acceptors (Lipinski definition) is 10. The van der Waals surface area contributed by atoms with Gasteiger partial charge in [-0.2, -0.15) is 5.10 Å². The fourth-order valence-electron chi connectivity index (χ4n) is 3.87. The zero-order chi connectivity index (χ0) is 29.4. The molecular formula is C29H29N5O6S. The number of benzene rings is 3. The predicted octanol–water partition coefficient (Wildman–Crippen LogP) is 4.52. The van der Waals surface area contributed by atoms with Gasteiger partial charge in [0, 0.05) is 18.2 Å². The maximum absolute atomic E-state index is 12.7. The zero-order valence-electron chi connectivity index (χ0n) is 23.2. The van der Waals surface area contributed by atoms with E-state index >= 15 is 0 Å². The van der Waals surface area contributed by atoms with Crippen molar-refractivity contribution in [2.75, 3.05) is 27.1 Å². The fraction of sp³-hybridized carbons (Fsp3) is 0.207. The second-order valence-electron chi connectivity index (χ2n) is 8.53. The highest BCUT2D eigenvalue weighted by Gasteiger charge is 2.21. The Morgan fingerprint density at radius 3 is 2.15 bits per heavy atom. The summed E-state index contributed by atoms with van der Waals surface area (Å²) in [7, 11) is 4.63. The van der Waals surface area contributed by atoms with Gasteiger partial charge in [-0.05, 0) is 61.0 Å². The molecule has 0 bridgehead atoms. The minimum atomic E-state index is -0.397. The Morgan fingerprint density at radius 2 is 1.56 bits per heavy atom. The molecule has 11 nitrogen and oxygen atoms in total. The van der Waals surface area contributed by atoms with Gasteiger partial charge in [-0.1, -0.05) is 30.0 Å². The second-order valence-corrected chi connectivity index (χ2v) is 9.47. The molecule has 212 valence electrons. The molecule has 0 aliphatic rings. The smallest absolute Gasteiger partial charge is 0.308 e. The van der Waals surface area contributed by atoms with Crippen molar-refractivity contribution >= 4 is 29.4 Å². The third-order valence-electron chi connectivity index (χ3n) is 5.79. The van der Waals surface area contributed by atoms with Crippen LogP contribution in [-0.2, 0) is 9.59 Å². The average Bonchev–Trinajstić information content (AvgIpc) is 3.42. The second kappa shape index (κ2) is 13.5. The Morgan fingerprint density at radius 1 is 0.902 bits per heavy atom. The van der Waals surface area contributed by atoms with Crippen LogP contribution in [0.3, 0.4) is 0 Å². The van der Waals surface area contributed by atoms with E-state index in [1.807, 2.05) is 34.9 Å². The first-order valence-corrected chi connectivity index (χ1v) is 13.4. The number of nitrogens with one attached hydrogen (secondary N) is 1. The molecule has 4 rings (SSSR count). The van der Waals surface area contributed by atoms with E-state index in [4.69, 9.17) is 18.9 Å². The molecule has 0 spiro atoms. The quantitative estimate of drug-likeness (QED) is 0.0903. The normalized spacial score (nSPS) is 11.1. The summed E-state index contributed by atoms with van der Waals surface area (Å²) < 4.78 is 23.4. The summed E-state index contributed by atoms with van der Waals surface area (Å²) in [4.78, 5) is 23.8. The number of esters is 1. The van der Waals surface area contributed by atoms with Crippen LogP contribution in [-0.4, -0.2) is 59.4 Å². The number of carbonyl (C=O) groups excluding carboxylic acids is 2. The molecule has 4 aromatic rings. The third kappa shape index (κ3) is 7.03. The van der Waals surface area contributed by atoms with Crippen molar-refractivity contribution in [2.24, 2.45) is 5.10 Å². The number of aromatic nitrogens is 3. The molecule has 0 unspecified atom stereocenters. The van der Waals surface area contributed by atoms with Crippen molar-refractivity contribution in [1.82, 2.24) is 20.2 Å². The van der Waals surface area contributed by atoms with Crippen molar-refractivity contribution in [3.8, 4) is 40.1 Å². The number of thioether (sulfide) groups is 1. The van der Waals surface area contributed by atoms with Gasteiger partial charge < -0.3 is 18.9 Å². The number of amides is 1. The number of hydrogen-bond donors (Lipinski definition) is 1. The van der Waals surface area contributed by atoms with E-state index in [1.54, 1.807) is 64.7 Å². The number of ether oxygens (including phenoxy) is 4. The van der Waals surface area contributed by atoms with Crippen molar-refractivity contribution in [3.63, 3.8) is 0 Å². The first kappa shape index (κ1) is 29.2. The van der Waals surface area contributed by atoms with Crippen molar-refractivity contribution < 1.29 is 28.5 Å². The minimum Gasteiger partial charge on any atom is -0.493 e. The lowest BCUT2D eigenvalue weighted by Crippen LogP contribution is -2.21. The van der Waals surface area contributed by atoms with E-state index in [0.717, 1.165) is 11.3 Å². The molecule has 1 heterocycles. The SMILES string of the molecule is COc1cc(-c2nnc(SCC(=O)NN=C(C)c3ccc(OC(C)=O)cc3)n2-c2ccccc2)cc(OC)c1OC. The van der Waals surface area contributed by atoms with E-state index in [0.29, 0.717) is 45.3 Å². The lowest BCUT2D eigenvalue weighted by Gasteiger charge is -2.15. The van der Waals surface area contributed by atoms with Crippen LogP contribution in [0.15, 0.2) is 77.0 Å². The summed E-state index contributed by atoms with van der Waals surface area (Å²) in [5.41, 5.74) is 5.44. The highest BCUT2D eigenvalue weighted by Crippen LogP contribution is 2.41. The summed E-state index contributed by atoms with van der Waals surface area (Å²) in [6.45, 7) is 3.11.